The van der Waals surface area contributed by atoms with E-state index in [1.165, 1.54) is 0 Å². The molecule has 1 aromatic heterocycles. The van der Waals surface area contributed by atoms with E-state index in [9.17, 15) is 0 Å². The second kappa shape index (κ2) is 5.33. The lowest BCUT2D eigenvalue weighted by Crippen LogP contribution is -2.38. The van der Waals surface area contributed by atoms with Crippen molar-refractivity contribution in [3.63, 3.8) is 0 Å². The predicted octanol–water partition coefficient (Wildman–Crippen LogP) is 2.26. The van der Waals surface area contributed by atoms with Crippen molar-refractivity contribution in [1.82, 2.24) is 4.90 Å². The van der Waals surface area contributed by atoms with E-state index in [0.29, 0.717) is 5.92 Å². The Bertz CT molecular complexity index is 267. The lowest BCUT2D eigenvalue weighted by molar-refractivity contribution is 0.173. The summed E-state index contributed by atoms with van der Waals surface area (Å²) in [5, 5.41) is 0. The number of nitrogens with two attached hydrogens (primary N) is 1. The molecule has 1 aromatic rings. The van der Waals surface area contributed by atoms with Crippen molar-refractivity contribution in [3.8, 4) is 0 Å². The third kappa shape index (κ3) is 3.36. The van der Waals surface area contributed by atoms with Gasteiger partial charge in [0.2, 0.25) is 0 Å². The van der Waals surface area contributed by atoms with E-state index in [-0.39, 0.29) is 12.1 Å². The monoisotopic (exact) mass is 210 g/mol. The van der Waals surface area contributed by atoms with Crippen LogP contribution < -0.4 is 5.73 Å². The standard InChI is InChI=1S/C12H22N2O/c1-9(2)8-14(4)12(10(3)13)11-6-5-7-15-11/h5-7,9-10,12H,8,13H2,1-4H3. The van der Waals surface area contributed by atoms with Crippen molar-refractivity contribution in [2.45, 2.75) is 32.9 Å². The van der Waals surface area contributed by atoms with E-state index in [1.807, 2.05) is 19.1 Å². The van der Waals surface area contributed by atoms with E-state index < -0.39 is 0 Å². The van der Waals surface area contributed by atoms with Crippen LogP contribution in [0.2, 0.25) is 0 Å². The Kier molecular flexibility index (Phi) is 4.36. The molecule has 0 fully saturated rings. The summed E-state index contributed by atoms with van der Waals surface area (Å²) in [5.41, 5.74) is 6.00. The smallest absolute Gasteiger partial charge is 0.122 e. The largest absolute Gasteiger partial charge is 0.468 e. The SMILES string of the molecule is CC(C)CN(C)C(c1ccco1)C(C)N. The summed E-state index contributed by atoms with van der Waals surface area (Å²) in [4.78, 5) is 2.26. The van der Waals surface area contributed by atoms with E-state index in [0.717, 1.165) is 12.3 Å². The third-order valence-electron chi connectivity index (χ3n) is 2.46. The average Bonchev–Trinajstić information content (AvgIpc) is 2.54. The minimum atomic E-state index is 0.0694. The molecular formula is C12H22N2O. The molecule has 2 N–H and O–H groups in total. The Morgan fingerprint density at radius 1 is 1.40 bits per heavy atom. The van der Waals surface area contributed by atoms with Gasteiger partial charge in [0, 0.05) is 12.6 Å². The Labute approximate surface area is 92.2 Å². The maximum Gasteiger partial charge on any atom is 0.122 e. The molecule has 0 aliphatic carbocycles. The summed E-state index contributed by atoms with van der Waals surface area (Å²) >= 11 is 0. The molecular weight excluding hydrogens is 188 g/mol. The number of nitrogens with zero attached hydrogens (tertiary/aromatic N) is 1. The summed E-state index contributed by atoms with van der Waals surface area (Å²) in [6, 6.07) is 4.14. The molecule has 1 heterocycles. The molecule has 0 radical (unpaired) electrons. The molecule has 0 spiro atoms. The highest BCUT2D eigenvalue weighted by molar-refractivity contribution is 5.07. The number of furan rings is 1. The zero-order valence-corrected chi connectivity index (χ0v) is 10.1. The molecule has 0 aliphatic rings. The van der Waals surface area contributed by atoms with Crippen LogP contribution in [0.5, 0.6) is 0 Å². The minimum Gasteiger partial charge on any atom is -0.468 e. The summed E-state index contributed by atoms with van der Waals surface area (Å²) < 4.78 is 5.44. The highest BCUT2D eigenvalue weighted by Crippen LogP contribution is 2.23. The van der Waals surface area contributed by atoms with Crippen LogP contribution in [0.3, 0.4) is 0 Å². The Morgan fingerprint density at radius 3 is 2.47 bits per heavy atom. The van der Waals surface area contributed by atoms with Crippen molar-refractivity contribution in [3.05, 3.63) is 24.2 Å². The maximum atomic E-state index is 6.00. The van der Waals surface area contributed by atoms with Crippen LogP contribution >= 0.6 is 0 Å². The molecule has 0 aliphatic heterocycles. The predicted molar refractivity (Wildman–Crippen MR) is 62.6 cm³/mol. The molecule has 86 valence electrons. The van der Waals surface area contributed by atoms with Crippen LogP contribution in [0.15, 0.2) is 22.8 Å². The number of likely N-dealkylation sites (N-methyl/N-ethyl adjacent to an activating group) is 1. The molecule has 15 heavy (non-hydrogen) atoms. The van der Waals surface area contributed by atoms with Crippen LogP contribution in [0, 0.1) is 5.92 Å². The molecule has 3 nitrogen and oxygen atoms in total. The van der Waals surface area contributed by atoms with Crippen molar-refractivity contribution in [2.75, 3.05) is 13.6 Å². The molecule has 0 saturated carbocycles. The first-order chi connectivity index (χ1) is 7.02. The third-order valence-corrected chi connectivity index (χ3v) is 2.46. The van der Waals surface area contributed by atoms with Crippen LogP contribution in [0.1, 0.15) is 32.6 Å². The molecule has 2 unspecified atom stereocenters. The first-order valence-corrected chi connectivity index (χ1v) is 5.51. The van der Waals surface area contributed by atoms with Gasteiger partial charge in [-0.25, -0.2) is 0 Å². The van der Waals surface area contributed by atoms with Gasteiger partial charge in [0.25, 0.3) is 0 Å². The lowest BCUT2D eigenvalue weighted by atomic mass is 10.1. The molecule has 0 amide bonds. The zero-order chi connectivity index (χ0) is 11.4. The molecule has 0 aromatic carbocycles. The molecule has 1 rings (SSSR count). The van der Waals surface area contributed by atoms with E-state index >= 15 is 0 Å². The minimum absolute atomic E-state index is 0.0694. The fourth-order valence-corrected chi connectivity index (χ4v) is 2.03. The van der Waals surface area contributed by atoms with Crippen molar-refractivity contribution in [2.24, 2.45) is 11.7 Å². The Balaban J connectivity index is 2.74. The van der Waals surface area contributed by atoms with E-state index in [4.69, 9.17) is 10.2 Å². The van der Waals surface area contributed by atoms with E-state index in [1.54, 1.807) is 6.26 Å². The second-order valence-corrected chi connectivity index (χ2v) is 4.65. The Hall–Kier alpha value is -0.800. The van der Waals surface area contributed by atoms with Crippen LogP contribution in [0.25, 0.3) is 0 Å². The highest BCUT2D eigenvalue weighted by Gasteiger charge is 2.23. The zero-order valence-electron chi connectivity index (χ0n) is 10.1. The lowest BCUT2D eigenvalue weighted by Gasteiger charge is -2.30. The first kappa shape index (κ1) is 12.3. The summed E-state index contributed by atoms with van der Waals surface area (Å²) in [6.45, 7) is 7.45. The quantitative estimate of drug-likeness (QED) is 0.810. The molecule has 3 heteroatoms. The maximum absolute atomic E-state index is 6.00. The summed E-state index contributed by atoms with van der Waals surface area (Å²) in [6.07, 6.45) is 1.70. The van der Waals surface area contributed by atoms with E-state index in [2.05, 4.69) is 25.8 Å². The summed E-state index contributed by atoms with van der Waals surface area (Å²) in [5.74, 6) is 1.58. The van der Waals surface area contributed by atoms with Gasteiger partial charge in [-0.05, 0) is 32.0 Å². The van der Waals surface area contributed by atoms with Gasteiger partial charge in [0.1, 0.15) is 5.76 Å². The van der Waals surface area contributed by atoms with Crippen LogP contribution in [-0.4, -0.2) is 24.5 Å². The highest BCUT2D eigenvalue weighted by atomic mass is 16.3. The topological polar surface area (TPSA) is 42.4 Å². The van der Waals surface area contributed by atoms with Crippen LogP contribution in [-0.2, 0) is 0 Å². The van der Waals surface area contributed by atoms with Crippen molar-refractivity contribution in [1.29, 1.82) is 0 Å². The van der Waals surface area contributed by atoms with Crippen molar-refractivity contribution < 1.29 is 4.42 Å². The van der Waals surface area contributed by atoms with Gasteiger partial charge < -0.3 is 10.2 Å². The van der Waals surface area contributed by atoms with Gasteiger partial charge in [-0.2, -0.15) is 0 Å². The van der Waals surface area contributed by atoms with Crippen molar-refractivity contribution >= 4 is 0 Å². The van der Waals surface area contributed by atoms with Gasteiger partial charge >= 0.3 is 0 Å². The second-order valence-electron chi connectivity index (χ2n) is 4.65. The number of hydrogen-bond acceptors (Lipinski definition) is 3. The van der Waals surface area contributed by atoms with Crippen LogP contribution in [0.4, 0.5) is 0 Å². The Morgan fingerprint density at radius 2 is 2.07 bits per heavy atom. The summed E-state index contributed by atoms with van der Waals surface area (Å²) in [7, 11) is 2.09. The number of hydrogen-bond donors (Lipinski definition) is 1. The average molecular weight is 210 g/mol. The van der Waals surface area contributed by atoms with Gasteiger partial charge in [0.15, 0.2) is 0 Å². The fraction of sp³-hybridized carbons (Fsp3) is 0.667. The van der Waals surface area contributed by atoms with Gasteiger partial charge in [-0.3, -0.25) is 4.90 Å². The molecule has 0 bridgehead atoms. The molecule has 2 atom stereocenters. The van der Waals surface area contributed by atoms with Gasteiger partial charge in [-0.15, -0.1) is 0 Å². The first-order valence-electron chi connectivity index (χ1n) is 5.51. The number of rotatable bonds is 5. The van der Waals surface area contributed by atoms with Gasteiger partial charge in [-0.1, -0.05) is 13.8 Å². The molecule has 0 saturated heterocycles. The fourth-order valence-electron chi connectivity index (χ4n) is 2.03. The van der Waals surface area contributed by atoms with Gasteiger partial charge in [0.05, 0.1) is 12.3 Å². The normalized spacial score (nSPS) is 15.9.